The topological polar surface area (TPSA) is 17.1 Å². The summed E-state index contributed by atoms with van der Waals surface area (Å²) < 4.78 is 0. The van der Waals surface area contributed by atoms with Crippen molar-refractivity contribution in [3.05, 3.63) is 12.2 Å². The van der Waals surface area contributed by atoms with E-state index in [0.717, 1.165) is 12.0 Å². The van der Waals surface area contributed by atoms with Gasteiger partial charge in [-0.15, -0.1) is 0 Å². The van der Waals surface area contributed by atoms with Gasteiger partial charge in [0.1, 0.15) is 0 Å². The van der Waals surface area contributed by atoms with Crippen LogP contribution in [0.5, 0.6) is 0 Å². The molecule has 1 nitrogen and oxygen atoms in total. The van der Waals surface area contributed by atoms with Crippen molar-refractivity contribution in [3.8, 4) is 0 Å². The van der Waals surface area contributed by atoms with Crippen LogP contribution >= 0.6 is 0 Å². The summed E-state index contributed by atoms with van der Waals surface area (Å²) in [6, 6.07) is 0. The maximum absolute atomic E-state index is 9.99. The molecule has 1 atom stereocenters. The summed E-state index contributed by atoms with van der Waals surface area (Å²) >= 11 is 0. The smallest absolute Gasteiger partial charge is 0.206 e. The Morgan fingerprint density at radius 1 is 1.88 bits per heavy atom. The second-order valence-corrected chi connectivity index (χ2v) is 1.93. The van der Waals surface area contributed by atoms with Gasteiger partial charge in [0.25, 0.3) is 0 Å². The van der Waals surface area contributed by atoms with E-state index in [1.807, 2.05) is 20.1 Å². The zero-order chi connectivity index (χ0) is 6.57. The third kappa shape index (κ3) is 1.92. The molecule has 0 aromatic carbocycles. The highest BCUT2D eigenvalue weighted by molar-refractivity contribution is 5.58. The van der Waals surface area contributed by atoms with Crippen molar-refractivity contribution in [1.82, 2.24) is 0 Å². The van der Waals surface area contributed by atoms with Crippen LogP contribution in [0.1, 0.15) is 20.3 Å². The van der Waals surface area contributed by atoms with Crippen molar-refractivity contribution < 1.29 is 4.79 Å². The van der Waals surface area contributed by atoms with E-state index in [9.17, 15) is 4.79 Å². The lowest BCUT2D eigenvalue weighted by molar-refractivity contribution is 0.531. The Hall–Kier alpha value is -0.590. The van der Waals surface area contributed by atoms with Gasteiger partial charge in [-0.25, -0.2) is 0 Å². The molecular formula is C7H11O. The number of allylic oxidation sites excluding steroid dienone is 1. The van der Waals surface area contributed by atoms with Gasteiger partial charge in [-0.3, -0.25) is 4.79 Å². The fourth-order valence-corrected chi connectivity index (χ4v) is 0.532. The molecule has 0 aliphatic carbocycles. The lowest BCUT2D eigenvalue weighted by atomic mass is 10.0. The third-order valence-electron chi connectivity index (χ3n) is 1.15. The molecule has 0 saturated heterocycles. The molecule has 0 bridgehead atoms. The van der Waals surface area contributed by atoms with E-state index in [2.05, 4.69) is 6.58 Å². The van der Waals surface area contributed by atoms with Crippen LogP contribution in [0, 0.1) is 5.92 Å². The molecule has 0 amide bonds. The Bertz CT molecular complexity index is 94.6. The van der Waals surface area contributed by atoms with E-state index >= 15 is 0 Å². The second kappa shape index (κ2) is 3.42. The fourth-order valence-electron chi connectivity index (χ4n) is 0.532. The van der Waals surface area contributed by atoms with E-state index in [1.54, 1.807) is 0 Å². The molecule has 0 rings (SSSR count). The summed E-state index contributed by atoms with van der Waals surface area (Å²) in [4.78, 5) is 9.99. The largest absolute Gasteiger partial charge is 0.290 e. The molecule has 0 aromatic rings. The zero-order valence-corrected chi connectivity index (χ0v) is 5.40. The highest BCUT2D eigenvalue weighted by Crippen LogP contribution is 2.07. The standard InChI is InChI=1S/C7H11O/c1-4-7(5-8)6(2)3/h7H,2,4H2,1,3H3. The van der Waals surface area contributed by atoms with Crippen LogP contribution in [0.3, 0.4) is 0 Å². The average molecular weight is 111 g/mol. The molecule has 1 heteroatoms. The molecule has 0 aromatic heterocycles. The molecule has 0 heterocycles. The minimum absolute atomic E-state index is 0.0463. The first kappa shape index (κ1) is 7.41. The quantitative estimate of drug-likeness (QED) is 0.506. The maximum Gasteiger partial charge on any atom is 0.206 e. The van der Waals surface area contributed by atoms with Crippen molar-refractivity contribution in [1.29, 1.82) is 0 Å². The van der Waals surface area contributed by atoms with Crippen molar-refractivity contribution in [2.45, 2.75) is 20.3 Å². The van der Waals surface area contributed by atoms with Crippen LogP contribution in [0.15, 0.2) is 12.2 Å². The van der Waals surface area contributed by atoms with E-state index in [4.69, 9.17) is 0 Å². The zero-order valence-electron chi connectivity index (χ0n) is 5.40. The second-order valence-electron chi connectivity index (χ2n) is 1.93. The molecule has 0 spiro atoms. The Morgan fingerprint density at radius 2 is 2.38 bits per heavy atom. The van der Waals surface area contributed by atoms with Gasteiger partial charge < -0.3 is 0 Å². The van der Waals surface area contributed by atoms with Crippen LogP contribution in [-0.4, -0.2) is 6.29 Å². The lowest BCUT2D eigenvalue weighted by Gasteiger charge is -2.01. The normalized spacial score (nSPS) is 12.8. The first-order valence-electron chi connectivity index (χ1n) is 2.75. The molecule has 0 saturated carbocycles. The van der Waals surface area contributed by atoms with Crippen LogP contribution in [0.2, 0.25) is 0 Å². The fraction of sp³-hybridized carbons (Fsp3) is 0.571. The van der Waals surface area contributed by atoms with Crippen molar-refractivity contribution >= 4 is 6.29 Å². The number of rotatable bonds is 3. The molecule has 45 valence electrons. The summed E-state index contributed by atoms with van der Waals surface area (Å²) in [7, 11) is 0. The SMILES string of the molecule is C=C(C)C([C]=O)CC. The summed E-state index contributed by atoms with van der Waals surface area (Å²) in [6.45, 7) is 7.43. The number of carbonyl (C=O) groups excluding carboxylic acids is 1. The van der Waals surface area contributed by atoms with Crippen molar-refractivity contribution in [2.24, 2.45) is 5.92 Å². The predicted octanol–water partition coefficient (Wildman–Crippen LogP) is 1.70. The summed E-state index contributed by atoms with van der Waals surface area (Å²) in [6.07, 6.45) is 2.72. The summed E-state index contributed by atoms with van der Waals surface area (Å²) in [5.74, 6) is -0.0463. The Labute approximate surface area is 50.4 Å². The molecule has 0 N–H and O–H groups in total. The minimum atomic E-state index is -0.0463. The van der Waals surface area contributed by atoms with Crippen LogP contribution < -0.4 is 0 Å². The van der Waals surface area contributed by atoms with Gasteiger partial charge in [0.2, 0.25) is 6.29 Å². The van der Waals surface area contributed by atoms with Gasteiger partial charge in [0.05, 0.1) is 0 Å². The third-order valence-corrected chi connectivity index (χ3v) is 1.15. The lowest BCUT2D eigenvalue weighted by Crippen LogP contribution is -1.99. The van der Waals surface area contributed by atoms with Gasteiger partial charge in [0, 0.05) is 5.92 Å². The first-order chi connectivity index (χ1) is 3.72. The van der Waals surface area contributed by atoms with E-state index in [-0.39, 0.29) is 5.92 Å². The highest BCUT2D eigenvalue weighted by Gasteiger charge is 2.03. The molecule has 1 radical (unpaired) electrons. The van der Waals surface area contributed by atoms with Gasteiger partial charge in [-0.1, -0.05) is 19.1 Å². The predicted molar refractivity (Wildman–Crippen MR) is 34.3 cm³/mol. The van der Waals surface area contributed by atoms with Crippen LogP contribution in [0.4, 0.5) is 0 Å². The summed E-state index contributed by atoms with van der Waals surface area (Å²) in [5.41, 5.74) is 0.905. The van der Waals surface area contributed by atoms with Crippen molar-refractivity contribution in [3.63, 3.8) is 0 Å². The Morgan fingerprint density at radius 3 is 2.38 bits per heavy atom. The number of hydrogen-bond acceptors (Lipinski definition) is 1. The molecular weight excluding hydrogens is 100 g/mol. The van der Waals surface area contributed by atoms with E-state index < -0.39 is 0 Å². The van der Waals surface area contributed by atoms with Gasteiger partial charge in [0.15, 0.2) is 0 Å². The average Bonchev–Trinajstić information content (AvgIpc) is 1.69. The minimum Gasteiger partial charge on any atom is -0.290 e. The summed E-state index contributed by atoms with van der Waals surface area (Å²) in [5, 5.41) is 0. The molecule has 0 aliphatic heterocycles. The molecule has 8 heavy (non-hydrogen) atoms. The monoisotopic (exact) mass is 111 g/mol. The number of hydrogen-bond donors (Lipinski definition) is 0. The van der Waals surface area contributed by atoms with E-state index in [0.29, 0.717) is 0 Å². The molecule has 1 unspecified atom stereocenters. The van der Waals surface area contributed by atoms with Crippen molar-refractivity contribution in [2.75, 3.05) is 0 Å². The van der Waals surface area contributed by atoms with Gasteiger partial charge >= 0.3 is 0 Å². The van der Waals surface area contributed by atoms with E-state index in [1.165, 1.54) is 0 Å². The molecule has 0 aliphatic rings. The van der Waals surface area contributed by atoms with Crippen LogP contribution in [0.25, 0.3) is 0 Å². The molecule has 0 fully saturated rings. The van der Waals surface area contributed by atoms with Crippen LogP contribution in [-0.2, 0) is 4.79 Å². The first-order valence-corrected chi connectivity index (χ1v) is 2.75. The highest BCUT2D eigenvalue weighted by atomic mass is 16.1. The van der Waals surface area contributed by atoms with Gasteiger partial charge in [-0.2, -0.15) is 0 Å². The van der Waals surface area contributed by atoms with Gasteiger partial charge in [-0.05, 0) is 13.3 Å². The Balaban J connectivity index is 3.69. The Kier molecular flexibility index (Phi) is 3.16. The maximum atomic E-state index is 9.99.